The molecule has 0 saturated heterocycles. The number of allylic oxidation sites excluding steroid dienone is 2. The number of nitrogen functional groups attached to an aromatic ring is 2. The number of hydrogen-bond donors (Lipinski definition) is 3. The minimum Gasteiger partial charge on any atom is -0.494 e. The molecule has 2 fully saturated rings. The summed E-state index contributed by atoms with van der Waals surface area (Å²) in [4.78, 5) is 0. The summed E-state index contributed by atoms with van der Waals surface area (Å²) in [7, 11) is 0. The molecule has 0 unspecified atom stereocenters. The lowest BCUT2D eigenvalue weighted by Crippen LogP contribution is -2.25. The van der Waals surface area contributed by atoms with Crippen LogP contribution in [0.4, 0.5) is 11.4 Å². The van der Waals surface area contributed by atoms with E-state index in [2.05, 4.69) is 37.8 Å². The highest BCUT2D eigenvalue weighted by Crippen LogP contribution is 2.44. The van der Waals surface area contributed by atoms with Gasteiger partial charge in [-0.1, -0.05) is 44.9 Å². The van der Waals surface area contributed by atoms with E-state index in [-0.39, 0.29) is 6.10 Å². The van der Waals surface area contributed by atoms with E-state index in [0.29, 0.717) is 23.7 Å². The van der Waals surface area contributed by atoms with Gasteiger partial charge in [0.05, 0.1) is 11.8 Å². The minimum absolute atomic E-state index is 0.179. The summed E-state index contributed by atoms with van der Waals surface area (Å²) in [5.41, 5.74) is 21.7. The summed E-state index contributed by atoms with van der Waals surface area (Å²) in [6.07, 6.45) is 14.6. The molecule has 0 radical (unpaired) electrons. The summed E-state index contributed by atoms with van der Waals surface area (Å²) in [6.45, 7) is 12.1. The van der Waals surface area contributed by atoms with Crippen molar-refractivity contribution < 1.29 is 9.47 Å². The zero-order valence-electron chi connectivity index (χ0n) is 25.3. The summed E-state index contributed by atoms with van der Waals surface area (Å²) in [5.74, 6) is 5.36. The Hall–Kier alpha value is -3.08. The second kappa shape index (κ2) is 15.6. The topological polar surface area (TPSA) is 96.5 Å². The van der Waals surface area contributed by atoms with Crippen molar-refractivity contribution in [1.29, 1.82) is 0 Å². The summed E-state index contributed by atoms with van der Waals surface area (Å²) in [6, 6.07) is 14.4. The molecule has 0 bridgehead atoms. The van der Waals surface area contributed by atoms with Crippen molar-refractivity contribution in [1.82, 2.24) is 0 Å². The van der Waals surface area contributed by atoms with Crippen LogP contribution in [0.25, 0.3) is 0 Å². The molecule has 4 rings (SSSR count). The Morgan fingerprint density at radius 1 is 0.900 bits per heavy atom. The standard InChI is InChI=1S/C27H38N2O.C8H15NO/c1-2-19-3-5-21(6-4-19)22-7-9-23(10-8-22)24-11-13-27(14-12-24)30-18-20-15-25(28)17-26(29)16-20;1-5-8(9)7(4)10-6(2)3/h11-17,19,21-23H,2-10,18,28-29H2,1H3;5-6H,1,9H2,2-4H3/b;8-7-. The summed E-state index contributed by atoms with van der Waals surface area (Å²) >= 11 is 0. The molecule has 0 amide bonds. The molecule has 2 aromatic carbocycles. The fourth-order valence-electron chi connectivity index (χ4n) is 6.39. The number of anilines is 2. The van der Waals surface area contributed by atoms with Gasteiger partial charge in [0, 0.05) is 11.4 Å². The first kappa shape index (κ1) is 31.4. The normalized spacial score (nSPS) is 23.4. The lowest BCUT2D eigenvalue weighted by atomic mass is 9.68. The van der Waals surface area contributed by atoms with E-state index in [9.17, 15) is 0 Å². The predicted octanol–water partition coefficient (Wildman–Crippen LogP) is 8.71. The van der Waals surface area contributed by atoms with E-state index >= 15 is 0 Å². The third-order valence-electron chi connectivity index (χ3n) is 8.74. The third kappa shape index (κ3) is 9.83. The number of benzene rings is 2. The average Bonchev–Trinajstić information content (AvgIpc) is 2.95. The monoisotopic (exact) mass is 547 g/mol. The van der Waals surface area contributed by atoms with Gasteiger partial charge < -0.3 is 26.7 Å². The number of nitrogens with two attached hydrogens (primary N) is 3. The first-order valence-corrected chi connectivity index (χ1v) is 15.3. The van der Waals surface area contributed by atoms with Crippen LogP contribution in [0.15, 0.2) is 66.6 Å². The van der Waals surface area contributed by atoms with Gasteiger partial charge in [0.1, 0.15) is 18.1 Å². The molecule has 0 atom stereocenters. The van der Waals surface area contributed by atoms with Crippen molar-refractivity contribution in [2.45, 2.75) is 104 Å². The van der Waals surface area contributed by atoms with Crippen LogP contribution in [0.5, 0.6) is 5.75 Å². The molecule has 0 spiro atoms. The molecule has 5 nitrogen and oxygen atoms in total. The van der Waals surface area contributed by atoms with E-state index in [1.165, 1.54) is 63.4 Å². The Morgan fingerprint density at radius 3 is 1.95 bits per heavy atom. The third-order valence-corrected chi connectivity index (χ3v) is 8.74. The Kier molecular flexibility index (Phi) is 12.3. The summed E-state index contributed by atoms with van der Waals surface area (Å²) < 4.78 is 11.2. The van der Waals surface area contributed by atoms with Gasteiger partial charge in [-0.05, 0) is 131 Å². The van der Waals surface area contributed by atoms with Crippen LogP contribution in [-0.4, -0.2) is 6.10 Å². The Labute approximate surface area is 243 Å². The van der Waals surface area contributed by atoms with Gasteiger partial charge in [0.25, 0.3) is 0 Å². The lowest BCUT2D eigenvalue weighted by molar-refractivity contribution is 0.147. The minimum atomic E-state index is 0.179. The smallest absolute Gasteiger partial charge is 0.119 e. The van der Waals surface area contributed by atoms with Gasteiger partial charge in [0.2, 0.25) is 0 Å². The summed E-state index contributed by atoms with van der Waals surface area (Å²) in [5, 5.41) is 0. The van der Waals surface area contributed by atoms with Crippen molar-refractivity contribution >= 4 is 11.4 Å². The van der Waals surface area contributed by atoms with Crippen molar-refractivity contribution in [3.05, 3.63) is 77.7 Å². The van der Waals surface area contributed by atoms with Crippen molar-refractivity contribution in [2.24, 2.45) is 23.5 Å². The second-order valence-corrected chi connectivity index (χ2v) is 12.0. The van der Waals surface area contributed by atoms with Crippen LogP contribution in [0, 0.1) is 17.8 Å². The van der Waals surface area contributed by atoms with Crippen LogP contribution in [-0.2, 0) is 11.3 Å². The average molecular weight is 548 g/mol. The SMILES string of the molecule is C=C/C(N)=C(\C)OC(C)C.CCC1CCC(C2CCC(c3ccc(OCc4cc(N)cc(N)c4)cc3)CC2)CC1. The fourth-order valence-corrected chi connectivity index (χ4v) is 6.39. The quantitative estimate of drug-likeness (QED) is 0.166. The molecule has 2 saturated carbocycles. The van der Waals surface area contributed by atoms with Crippen LogP contribution < -0.4 is 21.9 Å². The first-order chi connectivity index (χ1) is 19.2. The van der Waals surface area contributed by atoms with Gasteiger partial charge >= 0.3 is 0 Å². The van der Waals surface area contributed by atoms with E-state index in [1.807, 2.05) is 32.9 Å². The van der Waals surface area contributed by atoms with E-state index < -0.39 is 0 Å². The largest absolute Gasteiger partial charge is 0.494 e. The molecule has 40 heavy (non-hydrogen) atoms. The predicted molar refractivity (Wildman–Crippen MR) is 170 cm³/mol. The molecule has 2 aliphatic carbocycles. The Balaban J connectivity index is 0.000000378. The van der Waals surface area contributed by atoms with Gasteiger partial charge in [-0.25, -0.2) is 0 Å². The Morgan fingerprint density at radius 2 is 1.45 bits per heavy atom. The van der Waals surface area contributed by atoms with Crippen molar-refractivity contribution in [3.63, 3.8) is 0 Å². The molecular formula is C35H53N3O2. The molecule has 2 aromatic rings. The van der Waals surface area contributed by atoms with E-state index in [0.717, 1.165) is 40.7 Å². The van der Waals surface area contributed by atoms with Crippen molar-refractivity contribution in [3.8, 4) is 5.75 Å². The maximum atomic E-state index is 5.95. The first-order valence-electron chi connectivity index (χ1n) is 15.3. The Bertz CT molecular complexity index is 1060. The molecular weight excluding hydrogens is 494 g/mol. The van der Waals surface area contributed by atoms with Crippen LogP contribution in [0.2, 0.25) is 0 Å². The number of ether oxygens (including phenoxy) is 2. The maximum absolute atomic E-state index is 5.95. The second-order valence-electron chi connectivity index (χ2n) is 12.0. The van der Waals surface area contributed by atoms with Gasteiger partial charge in [-0.2, -0.15) is 0 Å². The molecule has 220 valence electrons. The zero-order chi connectivity index (χ0) is 29.1. The zero-order valence-corrected chi connectivity index (χ0v) is 25.3. The lowest BCUT2D eigenvalue weighted by Gasteiger charge is -2.38. The molecule has 0 aliphatic heterocycles. The molecule has 0 aromatic heterocycles. The number of rotatable bonds is 9. The van der Waals surface area contributed by atoms with E-state index in [4.69, 9.17) is 26.7 Å². The highest BCUT2D eigenvalue weighted by Gasteiger charge is 2.30. The highest BCUT2D eigenvalue weighted by atomic mass is 16.5. The van der Waals surface area contributed by atoms with Gasteiger partial charge in [-0.15, -0.1) is 0 Å². The fraction of sp³-hybridized carbons (Fsp3) is 0.543. The molecule has 6 N–H and O–H groups in total. The van der Waals surface area contributed by atoms with Crippen LogP contribution in [0.3, 0.4) is 0 Å². The van der Waals surface area contributed by atoms with Crippen molar-refractivity contribution in [2.75, 3.05) is 11.5 Å². The number of hydrogen-bond acceptors (Lipinski definition) is 5. The molecule has 2 aliphatic rings. The maximum Gasteiger partial charge on any atom is 0.119 e. The molecule has 0 heterocycles. The molecule has 5 heteroatoms. The van der Waals surface area contributed by atoms with Gasteiger partial charge in [-0.3, -0.25) is 0 Å². The van der Waals surface area contributed by atoms with Crippen LogP contribution in [0.1, 0.15) is 103 Å². The highest BCUT2D eigenvalue weighted by molar-refractivity contribution is 5.54. The van der Waals surface area contributed by atoms with Gasteiger partial charge in [0.15, 0.2) is 0 Å². The van der Waals surface area contributed by atoms with Crippen LogP contribution >= 0.6 is 0 Å². The van der Waals surface area contributed by atoms with E-state index in [1.54, 1.807) is 12.1 Å².